The minimum absolute atomic E-state index is 0.0134. The van der Waals surface area contributed by atoms with Crippen LogP contribution in [0.5, 0.6) is 0 Å². The lowest BCUT2D eigenvalue weighted by Gasteiger charge is -2.19. The largest absolute Gasteiger partial charge is 0.416 e. The predicted octanol–water partition coefficient (Wildman–Crippen LogP) is 4.26. The lowest BCUT2D eigenvalue weighted by molar-refractivity contribution is -0.138. The Balaban J connectivity index is 1.29. The number of rotatable bonds is 6. The predicted molar refractivity (Wildman–Crippen MR) is 145 cm³/mol. The summed E-state index contributed by atoms with van der Waals surface area (Å²) in [4.78, 5) is 30.6. The number of amides is 2. The minimum Gasteiger partial charge on any atom is -0.368 e. The maximum absolute atomic E-state index is 13.5. The zero-order valence-corrected chi connectivity index (χ0v) is 22.3. The van der Waals surface area contributed by atoms with E-state index < -0.39 is 23.7 Å². The van der Waals surface area contributed by atoms with Crippen molar-refractivity contribution in [2.24, 2.45) is 10.7 Å². The quantitative estimate of drug-likeness (QED) is 0.425. The van der Waals surface area contributed by atoms with Gasteiger partial charge in [0.25, 0.3) is 5.91 Å². The molecule has 2 aliphatic rings. The van der Waals surface area contributed by atoms with Crippen LogP contribution in [0.1, 0.15) is 30.0 Å². The van der Waals surface area contributed by atoms with Crippen LogP contribution in [-0.2, 0) is 22.3 Å². The first-order chi connectivity index (χ1) is 18.5. The molecule has 13 heteroatoms. The molecule has 2 aromatic carbocycles. The number of hydrogen-bond acceptors (Lipinski definition) is 6. The van der Waals surface area contributed by atoms with E-state index in [1.54, 1.807) is 31.3 Å². The summed E-state index contributed by atoms with van der Waals surface area (Å²) >= 11 is 7.08. The lowest BCUT2D eigenvalue weighted by atomic mass is 10.1. The molecule has 1 unspecified atom stereocenters. The van der Waals surface area contributed by atoms with Gasteiger partial charge in [0.15, 0.2) is 5.17 Å². The van der Waals surface area contributed by atoms with Gasteiger partial charge in [-0.25, -0.2) is 0 Å². The van der Waals surface area contributed by atoms with Crippen LogP contribution in [0.25, 0.3) is 17.0 Å². The zero-order chi connectivity index (χ0) is 27.9. The van der Waals surface area contributed by atoms with Gasteiger partial charge in [-0.05, 0) is 66.6 Å². The summed E-state index contributed by atoms with van der Waals surface area (Å²) in [7, 11) is 0. The van der Waals surface area contributed by atoms with E-state index in [9.17, 15) is 22.8 Å². The monoisotopic (exact) mass is 576 g/mol. The third-order valence-corrected chi connectivity index (χ3v) is 7.92. The van der Waals surface area contributed by atoms with Crippen molar-refractivity contribution in [1.82, 2.24) is 20.0 Å². The lowest BCUT2D eigenvalue weighted by Crippen LogP contribution is -2.45. The first-order valence-electron chi connectivity index (χ1n) is 12.1. The molecule has 1 fully saturated rings. The van der Waals surface area contributed by atoms with Gasteiger partial charge in [-0.2, -0.15) is 23.3 Å². The normalized spacial score (nSPS) is 19.8. The number of amidine groups is 1. The fraction of sp³-hybridized carbons (Fsp3) is 0.308. The van der Waals surface area contributed by atoms with Gasteiger partial charge >= 0.3 is 6.18 Å². The number of nitrogens with two attached hydrogens (primary N) is 1. The number of benzene rings is 2. The topological polar surface area (TPSA) is 106 Å². The van der Waals surface area contributed by atoms with E-state index in [0.29, 0.717) is 28.7 Å². The molecule has 3 heterocycles. The number of halogens is 4. The fourth-order valence-electron chi connectivity index (χ4n) is 4.62. The SMILES string of the molecule is CC(N[C@H]1CCN(C2=NC(=O)/C(=C/c3ccc4c(cnn4Cc4ccc(Cl)cc4C(F)(F)F)c3)S2)C1)C(N)=O. The Morgan fingerprint density at radius 2 is 2.10 bits per heavy atom. The number of nitrogens with one attached hydrogen (secondary N) is 1. The highest BCUT2D eigenvalue weighted by Crippen LogP contribution is 2.35. The number of alkyl halides is 3. The number of hydrogen-bond donors (Lipinski definition) is 2. The van der Waals surface area contributed by atoms with Crippen molar-refractivity contribution < 1.29 is 22.8 Å². The number of carbonyl (C=O) groups is 2. The van der Waals surface area contributed by atoms with Gasteiger partial charge < -0.3 is 16.0 Å². The maximum atomic E-state index is 13.5. The van der Waals surface area contributed by atoms with Gasteiger partial charge in [-0.3, -0.25) is 14.3 Å². The number of thioether (sulfide) groups is 1. The molecule has 0 spiro atoms. The van der Waals surface area contributed by atoms with Gasteiger partial charge in [0, 0.05) is 29.5 Å². The van der Waals surface area contributed by atoms with Crippen molar-refractivity contribution >= 4 is 57.3 Å². The summed E-state index contributed by atoms with van der Waals surface area (Å²) in [6.07, 6.45) is -0.423. The Morgan fingerprint density at radius 1 is 1.31 bits per heavy atom. The molecule has 2 atom stereocenters. The smallest absolute Gasteiger partial charge is 0.368 e. The molecule has 3 aromatic rings. The molecule has 39 heavy (non-hydrogen) atoms. The average molecular weight is 577 g/mol. The van der Waals surface area contributed by atoms with Crippen molar-refractivity contribution in [2.45, 2.75) is 38.1 Å². The van der Waals surface area contributed by atoms with Gasteiger partial charge in [-0.1, -0.05) is 23.7 Å². The summed E-state index contributed by atoms with van der Waals surface area (Å²) in [6, 6.07) is 8.70. The third-order valence-electron chi connectivity index (χ3n) is 6.64. The Hall–Kier alpha value is -3.35. The third kappa shape index (κ3) is 5.97. The number of likely N-dealkylation sites (tertiary alicyclic amines) is 1. The molecule has 0 aliphatic carbocycles. The Morgan fingerprint density at radius 3 is 2.85 bits per heavy atom. The van der Waals surface area contributed by atoms with Crippen LogP contribution in [0.2, 0.25) is 5.02 Å². The van der Waals surface area contributed by atoms with E-state index in [-0.39, 0.29) is 29.1 Å². The number of primary amides is 1. The summed E-state index contributed by atoms with van der Waals surface area (Å²) in [5.74, 6) is -0.755. The van der Waals surface area contributed by atoms with E-state index in [2.05, 4.69) is 15.4 Å². The van der Waals surface area contributed by atoms with Gasteiger partial charge in [0.1, 0.15) is 0 Å². The van der Waals surface area contributed by atoms with Crippen LogP contribution in [0.4, 0.5) is 13.2 Å². The first kappa shape index (κ1) is 27.2. The molecule has 2 amide bonds. The number of fused-ring (bicyclic) bond motifs is 1. The van der Waals surface area contributed by atoms with Crippen molar-refractivity contribution in [3.8, 4) is 0 Å². The van der Waals surface area contributed by atoms with E-state index in [1.807, 2.05) is 11.0 Å². The zero-order valence-electron chi connectivity index (χ0n) is 20.7. The van der Waals surface area contributed by atoms with E-state index in [1.165, 1.54) is 28.6 Å². The second-order valence-corrected chi connectivity index (χ2v) is 10.9. The molecular formula is C26H24ClF3N6O2S. The van der Waals surface area contributed by atoms with Crippen LogP contribution >= 0.6 is 23.4 Å². The number of carbonyl (C=O) groups excluding carboxylic acids is 2. The van der Waals surface area contributed by atoms with Crippen LogP contribution < -0.4 is 11.1 Å². The molecule has 1 saturated heterocycles. The summed E-state index contributed by atoms with van der Waals surface area (Å²) in [5.41, 5.74) is 5.99. The second-order valence-electron chi connectivity index (χ2n) is 9.45. The highest BCUT2D eigenvalue weighted by Gasteiger charge is 2.34. The van der Waals surface area contributed by atoms with E-state index >= 15 is 0 Å². The first-order valence-corrected chi connectivity index (χ1v) is 13.3. The summed E-state index contributed by atoms with van der Waals surface area (Å²) in [6.45, 7) is 2.95. The van der Waals surface area contributed by atoms with Gasteiger partial charge in [0.05, 0.1) is 34.8 Å². The maximum Gasteiger partial charge on any atom is 0.416 e. The van der Waals surface area contributed by atoms with E-state index in [0.717, 1.165) is 23.4 Å². The fourth-order valence-corrected chi connectivity index (χ4v) is 5.74. The standard InChI is InChI=1S/C26H24ClF3N6O2S/c1-14(23(31)37)33-19-6-7-35(13-19)25-34-24(38)22(39-25)9-15-2-5-21-17(8-15)11-32-36(21)12-16-3-4-18(27)10-20(16)26(28,29)30/h2-5,8-11,14,19,33H,6-7,12-13H2,1H3,(H2,31,37)/b22-9-/t14?,19-/m0/s1. The van der Waals surface area contributed by atoms with Crippen LogP contribution in [0.3, 0.4) is 0 Å². The molecule has 204 valence electrons. The molecule has 0 radical (unpaired) electrons. The van der Waals surface area contributed by atoms with Crippen LogP contribution in [0.15, 0.2) is 52.5 Å². The molecular weight excluding hydrogens is 553 g/mol. The highest BCUT2D eigenvalue weighted by molar-refractivity contribution is 8.18. The summed E-state index contributed by atoms with van der Waals surface area (Å²) < 4.78 is 42.0. The number of nitrogens with zero attached hydrogens (tertiary/aromatic N) is 4. The highest BCUT2D eigenvalue weighted by atomic mass is 35.5. The second kappa shape index (κ2) is 10.7. The van der Waals surface area contributed by atoms with Crippen molar-refractivity contribution in [2.75, 3.05) is 13.1 Å². The molecule has 1 aromatic heterocycles. The number of aromatic nitrogens is 2. The van der Waals surface area contributed by atoms with E-state index in [4.69, 9.17) is 17.3 Å². The van der Waals surface area contributed by atoms with Crippen LogP contribution in [0, 0.1) is 0 Å². The Bertz CT molecular complexity index is 1520. The van der Waals surface area contributed by atoms with Gasteiger partial charge in [0.2, 0.25) is 5.91 Å². The molecule has 3 N–H and O–H groups in total. The Labute approximate surface area is 231 Å². The molecule has 8 nitrogen and oxygen atoms in total. The molecule has 2 aliphatic heterocycles. The van der Waals surface area contributed by atoms with Crippen molar-refractivity contribution in [3.05, 3.63) is 69.2 Å². The molecule has 0 bridgehead atoms. The molecule has 0 saturated carbocycles. The van der Waals surface area contributed by atoms with Crippen molar-refractivity contribution in [1.29, 1.82) is 0 Å². The number of aliphatic imine (C=N–C) groups is 1. The Kier molecular flexibility index (Phi) is 7.45. The minimum atomic E-state index is -4.54. The van der Waals surface area contributed by atoms with Crippen LogP contribution in [-0.4, -0.2) is 56.8 Å². The summed E-state index contributed by atoms with van der Waals surface area (Å²) in [5, 5.41) is 8.82. The van der Waals surface area contributed by atoms with Crippen molar-refractivity contribution in [3.63, 3.8) is 0 Å². The average Bonchev–Trinajstić information content (AvgIpc) is 3.59. The molecule has 5 rings (SSSR count). The van der Waals surface area contributed by atoms with Gasteiger partial charge in [-0.15, -0.1) is 0 Å².